The van der Waals surface area contributed by atoms with E-state index in [0.29, 0.717) is 12.8 Å². The molecule has 1 N–H and O–H groups in total. The van der Waals surface area contributed by atoms with Gasteiger partial charge < -0.3 is 14.8 Å². The van der Waals surface area contributed by atoms with Gasteiger partial charge in [-0.15, -0.1) is 0 Å². The van der Waals surface area contributed by atoms with Crippen molar-refractivity contribution in [1.82, 2.24) is 14.8 Å². The Morgan fingerprint density at radius 3 is 2.83 bits per heavy atom. The van der Waals surface area contributed by atoms with Crippen molar-refractivity contribution in [3.63, 3.8) is 0 Å². The van der Waals surface area contributed by atoms with Crippen LogP contribution in [0.5, 0.6) is 0 Å². The summed E-state index contributed by atoms with van der Waals surface area (Å²) in [6, 6.07) is 4.38. The molecule has 2 aliphatic heterocycles. The molecule has 2 atom stereocenters. The fraction of sp³-hybridized carbons (Fsp3) is 0.667. The van der Waals surface area contributed by atoms with E-state index in [1.54, 1.807) is 0 Å². The summed E-state index contributed by atoms with van der Waals surface area (Å²) in [7, 11) is 0. The summed E-state index contributed by atoms with van der Waals surface area (Å²) in [6.07, 6.45) is 3.60. The number of rotatable bonds is 4. The number of carbonyl (C=O) groups is 2. The van der Waals surface area contributed by atoms with Crippen LogP contribution in [0, 0.1) is 6.92 Å². The molecule has 1 aromatic heterocycles. The summed E-state index contributed by atoms with van der Waals surface area (Å²) in [5.74, 6) is 0.329. The molecule has 1 aromatic rings. The minimum Gasteiger partial charge on any atom is -0.351 e. The maximum Gasteiger partial charge on any atom is 0.223 e. The highest BCUT2D eigenvalue weighted by atomic mass is 16.2. The number of nitrogens with zero attached hydrogens (tertiary/aromatic N) is 2. The lowest BCUT2D eigenvalue weighted by molar-refractivity contribution is -0.135. The zero-order valence-electron chi connectivity index (χ0n) is 14.4. The predicted molar refractivity (Wildman–Crippen MR) is 88.9 cm³/mol. The quantitative estimate of drug-likeness (QED) is 0.928. The molecule has 2 aliphatic rings. The second kappa shape index (κ2) is 6.02. The molecule has 0 aromatic carbocycles. The Hall–Kier alpha value is -1.78. The van der Waals surface area contributed by atoms with Gasteiger partial charge in [0.05, 0.1) is 6.04 Å². The van der Waals surface area contributed by atoms with Crippen molar-refractivity contribution >= 4 is 11.8 Å². The fourth-order valence-electron chi connectivity index (χ4n) is 4.05. The van der Waals surface area contributed by atoms with Crippen LogP contribution in [0.4, 0.5) is 0 Å². The summed E-state index contributed by atoms with van der Waals surface area (Å²) in [5.41, 5.74) is 2.32. The largest absolute Gasteiger partial charge is 0.351 e. The first-order chi connectivity index (χ1) is 11.0. The van der Waals surface area contributed by atoms with Crippen LogP contribution in [-0.2, 0) is 16.1 Å². The summed E-state index contributed by atoms with van der Waals surface area (Å²) < 4.78 is 2.30. The number of hydrogen-bond acceptors (Lipinski definition) is 2. The first-order valence-electron chi connectivity index (χ1n) is 8.72. The summed E-state index contributed by atoms with van der Waals surface area (Å²) >= 11 is 0. The highest BCUT2D eigenvalue weighted by Gasteiger charge is 2.37. The normalized spacial score (nSPS) is 27.0. The molecule has 126 valence electrons. The molecule has 2 unspecified atom stereocenters. The van der Waals surface area contributed by atoms with E-state index in [0.717, 1.165) is 32.4 Å². The number of carbonyl (C=O) groups excluding carboxylic acids is 2. The van der Waals surface area contributed by atoms with Gasteiger partial charge in [0.1, 0.15) is 0 Å². The van der Waals surface area contributed by atoms with Crippen LogP contribution >= 0.6 is 0 Å². The molecular formula is C18H27N3O2. The van der Waals surface area contributed by atoms with Crippen LogP contribution in [0.1, 0.15) is 63.4 Å². The molecule has 3 heterocycles. The summed E-state index contributed by atoms with van der Waals surface area (Å²) in [5, 5.41) is 3.09. The van der Waals surface area contributed by atoms with Gasteiger partial charge in [-0.25, -0.2) is 0 Å². The lowest BCUT2D eigenvalue weighted by Gasteiger charge is -2.36. The maximum atomic E-state index is 12.7. The van der Waals surface area contributed by atoms with E-state index in [1.165, 1.54) is 11.4 Å². The van der Waals surface area contributed by atoms with Gasteiger partial charge >= 0.3 is 0 Å². The van der Waals surface area contributed by atoms with Crippen LogP contribution in [0.15, 0.2) is 12.1 Å². The Bertz CT molecular complexity index is 622. The molecule has 0 bridgehead atoms. The van der Waals surface area contributed by atoms with Crippen molar-refractivity contribution in [2.24, 2.45) is 0 Å². The molecule has 2 amide bonds. The number of amides is 2. The van der Waals surface area contributed by atoms with Crippen molar-refractivity contribution in [2.75, 3.05) is 6.54 Å². The Morgan fingerprint density at radius 2 is 2.17 bits per heavy atom. The lowest BCUT2D eigenvalue weighted by atomic mass is 9.88. The zero-order chi connectivity index (χ0) is 16.6. The van der Waals surface area contributed by atoms with Crippen molar-refractivity contribution in [3.05, 3.63) is 23.5 Å². The Morgan fingerprint density at radius 1 is 1.39 bits per heavy atom. The molecule has 1 fully saturated rings. The third kappa shape index (κ3) is 2.89. The van der Waals surface area contributed by atoms with E-state index in [9.17, 15) is 9.59 Å². The number of hydrogen-bond donors (Lipinski definition) is 1. The van der Waals surface area contributed by atoms with Gasteiger partial charge in [-0.3, -0.25) is 9.59 Å². The van der Waals surface area contributed by atoms with Crippen molar-refractivity contribution in [3.8, 4) is 0 Å². The molecule has 0 radical (unpaired) electrons. The van der Waals surface area contributed by atoms with Crippen LogP contribution in [-0.4, -0.2) is 33.4 Å². The van der Waals surface area contributed by atoms with E-state index < -0.39 is 0 Å². The van der Waals surface area contributed by atoms with Crippen LogP contribution < -0.4 is 5.32 Å². The van der Waals surface area contributed by atoms with Crippen molar-refractivity contribution in [2.45, 2.75) is 71.0 Å². The summed E-state index contributed by atoms with van der Waals surface area (Å²) in [4.78, 5) is 26.3. The third-order valence-electron chi connectivity index (χ3n) is 5.74. The molecule has 3 rings (SSSR count). The topological polar surface area (TPSA) is 54.3 Å². The predicted octanol–water partition coefficient (Wildman–Crippen LogP) is 2.54. The fourth-order valence-corrected chi connectivity index (χ4v) is 4.05. The average molecular weight is 317 g/mol. The number of nitrogens with one attached hydrogen (secondary N) is 1. The second-order valence-corrected chi connectivity index (χ2v) is 7.00. The molecule has 1 saturated heterocycles. The number of fused-ring (bicyclic) bond motifs is 1. The van der Waals surface area contributed by atoms with E-state index in [-0.39, 0.29) is 23.4 Å². The summed E-state index contributed by atoms with van der Waals surface area (Å²) in [6.45, 7) is 7.96. The van der Waals surface area contributed by atoms with Crippen molar-refractivity contribution < 1.29 is 9.59 Å². The van der Waals surface area contributed by atoms with Crippen LogP contribution in [0.25, 0.3) is 0 Å². The number of aromatic nitrogens is 1. The third-order valence-corrected chi connectivity index (χ3v) is 5.74. The Balaban J connectivity index is 1.64. The van der Waals surface area contributed by atoms with Gasteiger partial charge in [-0.05, 0) is 45.2 Å². The highest BCUT2D eigenvalue weighted by molar-refractivity contribution is 5.80. The van der Waals surface area contributed by atoms with E-state index in [2.05, 4.69) is 42.8 Å². The van der Waals surface area contributed by atoms with Gasteiger partial charge in [0.25, 0.3) is 0 Å². The van der Waals surface area contributed by atoms with E-state index >= 15 is 0 Å². The SMILES string of the molecule is CCC1(CCC(=O)N2CCn3c(C)ccc3C2C)CCC(=O)N1. The standard InChI is InChI=1S/C18H27N3O2/c1-4-18(9-7-16(22)19-18)10-8-17(23)21-12-11-20-13(2)5-6-15(20)14(21)3/h5-6,14H,4,7-12H2,1-3H3,(H,19,22). The highest BCUT2D eigenvalue weighted by Crippen LogP contribution is 2.31. The molecule has 0 spiro atoms. The van der Waals surface area contributed by atoms with Gasteiger partial charge in [0, 0.05) is 42.9 Å². The van der Waals surface area contributed by atoms with Gasteiger partial charge in [0.15, 0.2) is 0 Å². The molecule has 0 saturated carbocycles. The first kappa shape index (κ1) is 16.1. The maximum absolute atomic E-state index is 12.7. The minimum atomic E-state index is -0.164. The monoisotopic (exact) mass is 317 g/mol. The minimum absolute atomic E-state index is 0.124. The molecular weight excluding hydrogens is 290 g/mol. The van der Waals surface area contributed by atoms with Crippen LogP contribution in [0.2, 0.25) is 0 Å². The van der Waals surface area contributed by atoms with Gasteiger partial charge in [-0.2, -0.15) is 0 Å². The molecule has 5 nitrogen and oxygen atoms in total. The van der Waals surface area contributed by atoms with Gasteiger partial charge in [-0.1, -0.05) is 6.92 Å². The number of aryl methyl sites for hydroxylation is 1. The average Bonchev–Trinajstić information content (AvgIpc) is 3.10. The van der Waals surface area contributed by atoms with Gasteiger partial charge in [0.2, 0.25) is 11.8 Å². The molecule has 0 aliphatic carbocycles. The zero-order valence-corrected chi connectivity index (χ0v) is 14.4. The first-order valence-corrected chi connectivity index (χ1v) is 8.72. The van der Waals surface area contributed by atoms with E-state index in [4.69, 9.17) is 0 Å². The smallest absolute Gasteiger partial charge is 0.223 e. The van der Waals surface area contributed by atoms with E-state index in [1.807, 2.05) is 4.90 Å². The molecule has 5 heteroatoms. The van der Waals surface area contributed by atoms with Crippen LogP contribution in [0.3, 0.4) is 0 Å². The van der Waals surface area contributed by atoms with Crippen molar-refractivity contribution in [1.29, 1.82) is 0 Å². The second-order valence-electron chi connectivity index (χ2n) is 7.00. The molecule has 23 heavy (non-hydrogen) atoms. The lowest BCUT2D eigenvalue weighted by Crippen LogP contribution is -2.44. The Labute approximate surface area is 138 Å². The Kier molecular flexibility index (Phi) is 4.21.